The lowest BCUT2D eigenvalue weighted by Gasteiger charge is -2.39. The Balaban J connectivity index is 1.59. The Morgan fingerprint density at radius 3 is 2.12 bits per heavy atom. The van der Waals surface area contributed by atoms with Gasteiger partial charge in [0.05, 0.1) is 18.0 Å². The van der Waals surface area contributed by atoms with Crippen LogP contribution in [0.3, 0.4) is 0 Å². The standard InChI is InChI=1S/C26H27ClO5S/c27-20-10-11-21(32-26-25(31)24(30)23(29)22(15-28)33-26)19(14-20)13-18-9-5-4-8-17(18)12-16-6-2-1-3-7-16/h1-11,14,22-26,28-31H,12-13,15H2/t22-,23-,24+,25-,26-/m1/s1. The average Bonchev–Trinajstić information content (AvgIpc) is 2.83. The molecule has 4 rings (SSSR count). The molecule has 4 N–H and O–H groups in total. The third-order valence-electron chi connectivity index (χ3n) is 5.85. The van der Waals surface area contributed by atoms with Crippen LogP contribution in [0.25, 0.3) is 0 Å². The van der Waals surface area contributed by atoms with Crippen molar-refractivity contribution in [3.05, 3.63) is 100 Å². The zero-order valence-corrected chi connectivity index (χ0v) is 19.5. The summed E-state index contributed by atoms with van der Waals surface area (Å²) in [6.45, 7) is -0.337. The van der Waals surface area contributed by atoms with Crippen LogP contribution in [0.2, 0.25) is 5.02 Å². The molecule has 3 aromatic carbocycles. The second-order valence-electron chi connectivity index (χ2n) is 8.18. The zero-order chi connectivity index (χ0) is 23.4. The number of hydrogen-bond acceptors (Lipinski definition) is 6. The molecule has 1 saturated heterocycles. The molecule has 0 saturated carbocycles. The highest BCUT2D eigenvalue weighted by molar-refractivity contribution is 8.00. The summed E-state index contributed by atoms with van der Waals surface area (Å²) in [5, 5.41) is 40.2. The van der Waals surface area contributed by atoms with Crippen molar-refractivity contribution in [1.82, 2.24) is 0 Å². The van der Waals surface area contributed by atoms with E-state index in [4.69, 9.17) is 16.3 Å². The lowest BCUT2D eigenvalue weighted by Crippen LogP contribution is -2.55. The molecule has 5 nitrogen and oxygen atoms in total. The monoisotopic (exact) mass is 486 g/mol. The van der Waals surface area contributed by atoms with E-state index in [1.165, 1.54) is 11.1 Å². The number of halogens is 1. The van der Waals surface area contributed by atoms with Crippen molar-refractivity contribution >= 4 is 23.4 Å². The fourth-order valence-corrected chi connectivity index (χ4v) is 5.44. The Morgan fingerprint density at radius 1 is 0.758 bits per heavy atom. The fourth-order valence-electron chi connectivity index (χ4n) is 4.01. The first kappa shape index (κ1) is 24.1. The Morgan fingerprint density at radius 2 is 1.42 bits per heavy atom. The maximum Gasteiger partial charge on any atom is 0.173 e. The highest BCUT2D eigenvalue weighted by Gasteiger charge is 2.44. The SMILES string of the molecule is OC[C@H]1S[C@@H](Oc2ccc(Cl)cc2Cc2ccccc2Cc2ccccc2)[C@H](O)[C@@H](O)[C@@H]1O. The van der Waals surface area contributed by atoms with Crippen molar-refractivity contribution in [3.63, 3.8) is 0 Å². The van der Waals surface area contributed by atoms with Gasteiger partial charge in [0.25, 0.3) is 0 Å². The number of ether oxygens (including phenoxy) is 1. The summed E-state index contributed by atoms with van der Waals surface area (Å²) in [7, 11) is 0. The Kier molecular flexibility index (Phi) is 7.96. The molecule has 1 heterocycles. The third kappa shape index (κ3) is 5.72. The second kappa shape index (κ2) is 10.9. The molecule has 1 aliphatic rings. The van der Waals surface area contributed by atoms with Crippen LogP contribution < -0.4 is 4.74 Å². The summed E-state index contributed by atoms with van der Waals surface area (Å²) in [5.74, 6) is 0.533. The van der Waals surface area contributed by atoms with Gasteiger partial charge in [0, 0.05) is 17.0 Å². The molecule has 0 bridgehead atoms. The lowest BCUT2D eigenvalue weighted by molar-refractivity contribution is -0.0910. The predicted molar refractivity (Wildman–Crippen MR) is 131 cm³/mol. The van der Waals surface area contributed by atoms with E-state index in [1.807, 2.05) is 36.4 Å². The van der Waals surface area contributed by atoms with Crippen LogP contribution >= 0.6 is 23.4 Å². The number of aliphatic hydroxyl groups is 4. The van der Waals surface area contributed by atoms with Crippen LogP contribution in [-0.2, 0) is 12.8 Å². The Bertz CT molecular complexity index is 1060. The first-order chi connectivity index (χ1) is 16.0. The van der Waals surface area contributed by atoms with Crippen molar-refractivity contribution in [2.75, 3.05) is 6.61 Å². The molecule has 1 fully saturated rings. The Labute approximate surface area is 202 Å². The van der Waals surface area contributed by atoms with E-state index in [0.717, 1.165) is 29.3 Å². The van der Waals surface area contributed by atoms with Crippen LogP contribution in [0.4, 0.5) is 0 Å². The quantitative estimate of drug-likeness (QED) is 0.409. The van der Waals surface area contributed by atoms with Gasteiger partial charge in [0.2, 0.25) is 0 Å². The number of aliphatic hydroxyl groups excluding tert-OH is 4. The van der Waals surface area contributed by atoms with Gasteiger partial charge in [-0.1, -0.05) is 66.2 Å². The minimum Gasteiger partial charge on any atom is -0.477 e. The number of hydrogen-bond donors (Lipinski definition) is 4. The molecule has 0 spiro atoms. The van der Waals surface area contributed by atoms with E-state index in [9.17, 15) is 20.4 Å². The smallest absolute Gasteiger partial charge is 0.173 e. The van der Waals surface area contributed by atoms with Crippen LogP contribution in [0.1, 0.15) is 22.3 Å². The summed E-state index contributed by atoms with van der Waals surface area (Å²) in [4.78, 5) is 0. The van der Waals surface area contributed by atoms with Gasteiger partial charge in [-0.15, -0.1) is 11.8 Å². The predicted octanol–water partition coefficient (Wildman–Crippen LogP) is 3.42. The van der Waals surface area contributed by atoms with E-state index in [1.54, 1.807) is 12.1 Å². The Hall–Kier alpha value is -2.06. The van der Waals surface area contributed by atoms with Gasteiger partial charge in [0.1, 0.15) is 18.0 Å². The first-order valence-electron chi connectivity index (χ1n) is 10.8. The molecule has 0 amide bonds. The van der Waals surface area contributed by atoms with Crippen LogP contribution in [0.5, 0.6) is 5.75 Å². The average molecular weight is 487 g/mol. The lowest BCUT2D eigenvalue weighted by atomic mass is 9.95. The molecule has 5 atom stereocenters. The van der Waals surface area contributed by atoms with Crippen molar-refractivity contribution in [2.45, 2.75) is 41.8 Å². The van der Waals surface area contributed by atoms with Gasteiger partial charge in [-0.3, -0.25) is 0 Å². The van der Waals surface area contributed by atoms with E-state index in [2.05, 4.69) is 24.3 Å². The summed E-state index contributed by atoms with van der Waals surface area (Å²) in [6.07, 6.45) is -2.57. The van der Waals surface area contributed by atoms with Crippen LogP contribution in [-0.4, -0.2) is 56.0 Å². The van der Waals surface area contributed by atoms with Crippen LogP contribution in [0.15, 0.2) is 72.8 Å². The van der Waals surface area contributed by atoms with Crippen molar-refractivity contribution in [2.24, 2.45) is 0 Å². The molecule has 174 valence electrons. The summed E-state index contributed by atoms with van der Waals surface area (Å²) < 4.78 is 6.11. The number of benzene rings is 3. The van der Waals surface area contributed by atoms with Gasteiger partial charge < -0.3 is 25.2 Å². The largest absolute Gasteiger partial charge is 0.477 e. The maximum atomic E-state index is 10.5. The highest BCUT2D eigenvalue weighted by atomic mass is 35.5. The van der Waals surface area contributed by atoms with Gasteiger partial charge >= 0.3 is 0 Å². The van der Waals surface area contributed by atoms with Crippen molar-refractivity contribution in [3.8, 4) is 5.75 Å². The fraction of sp³-hybridized carbons (Fsp3) is 0.308. The zero-order valence-electron chi connectivity index (χ0n) is 17.9. The van der Waals surface area contributed by atoms with Gasteiger partial charge in [-0.2, -0.15) is 0 Å². The highest BCUT2D eigenvalue weighted by Crippen LogP contribution is 2.36. The minimum atomic E-state index is -1.41. The minimum absolute atomic E-state index is 0.337. The molecule has 0 radical (unpaired) electrons. The van der Waals surface area contributed by atoms with Crippen molar-refractivity contribution in [1.29, 1.82) is 0 Å². The van der Waals surface area contributed by atoms with E-state index in [-0.39, 0.29) is 6.61 Å². The number of thioether (sulfide) groups is 1. The summed E-state index contributed by atoms with van der Waals surface area (Å²) >= 11 is 7.40. The third-order valence-corrected chi connectivity index (χ3v) is 7.51. The normalized spacial score (nSPS) is 25.1. The maximum absolute atomic E-state index is 10.5. The van der Waals surface area contributed by atoms with E-state index in [0.29, 0.717) is 17.2 Å². The second-order valence-corrected chi connectivity index (χ2v) is 9.95. The molecular formula is C26H27ClO5S. The van der Waals surface area contributed by atoms with Gasteiger partial charge in [-0.05, 0) is 41.3 Å². The van der Waals surface area contributed by atoms with Gasteiger partial charge in [0.15, 0.2) is 5.44 Å². The van der Waals surface area contributed by atoms with E-state index >= 15 is 0 Å². The molecule has 0 unspecified atom stereocenters. The molecule has 3 aromatic rings. The molecule has 0 aromatic heterocycles. The molecule has 1 aliphatic heterocycles. The first-order valence-corrected chi connectivity index (χ1v) is 12.1. The topological polar surface area (TPSA) is 90.2 Å². The van der Waals surface area contributed by atoms with Crippen molar-refractivity contribution < 1.29 is 25.2 Å². The van der Waals surface area contributed by atoms with Crippen LogP contribution in [0, 0.1) is 0 Å². The molecule has 0 aliphatic carbocycles. The number of rotatable bonds is 7. The summed E-state index contributed by atoms with van der Waals surface area (Å²) in [6, 6.07) is 23.8. The summed E-state index contributed by atoms with van der Waals surface area (Å²) in [5.41, 5.74) is 3.54. The molecule has 33 heavy (non-hydrogen) atoms. The molecule has 7 heteroatoms. The van der Waals surface area contributed by atoms with E-state index < -0.39 is 29.0 Å². The van der Waals surface area contributed by atoms with Gasteiger partial charge in [-0.25, -0.2) is 0 Å². The molecular weight excluding hydrogens is 460 g/mol.